The van der Waals surface area contributed by atoms with Crippen molar-refractivity contribution in [3.63, 3.8) is 0 Å². The van der Waals surface area contributed by atoms with Gasteiger partial charge in [-0.15, -0.1) is 0 Å². The molecule has 1 rings (SSSR count). The molecule has 0 saturated heterocycles. The Balaban J connectivity index is 3.36. The van der Waals surface area contributed by atoms with Crippen molar-refractivity contribution in [1.29, 1.82) is 5.26 Å². The highest BCUT2D eigenvalue weighted by Crippen LogP contribution is 2.37. The molecule has 0 saturated carbocycles. The molecule has 0 fully saturated rings. The zero-order valence-electron chi connectivity index (χ0n) is 7.20. The summed E-state index contributed by atoms with van der Waals surface area (Å²) in [6.45, 7) is 0. The molecular weight excluding hydrogens is 386 g/mol. The number of halogens is 5. The van der Waals surface area contributed by atoms with E-state index in [1.54, 1.807) is 28.7 Å². The van der Waals surface area contributed by atoms with Gasteiger partial charge in [0.05, 0.1) is 18.1 Å². The summed E-state index contributed by atoms with van der Waals surface area (Å²) >= 11 is 4.67. The van der Waals surface area contributed by atoms with Crippen molar-refractivity contribution < 1.29 is 13.2 Å². The molecular formula is C9H4BrF3IN. The molecule has 0 aliphatic carbocycles. The Morgan fingerprint density at radius 3 is 2.47 bits per heavy atom. The molecule has 0 aliphatic heterocycles. The van der Waals surface area contributed by atoms with Crippen LogP contribution in [0.1, 0.15) is 11.1 Å². The van der Waals surface area contributed by atoms with Gasteiger partial charge in [-0.1, -0.05) is 0 Å². The van der Waals surface area contributed by atoms with E-state index in [2.05, 4.69) is 15.9 Å². The summed E-state index contributed by atoms with van der Waals surface area (Å²) in [5.74, 6) is 0. The molecule has 0 spiro atoms. The fourth-order valence-corrected chi connectivity index (χ4v) is 2.35. The first kappa shape index (κ1) is 12.8. The maximum absolute atomic E-state index is 12.5. The minimum Gasteiger partial charge on any atom is -0.198 e. The normalized spacial score (nSPS) is 11.2. The van der Waals surface area contributed by atoms with Gasteiger partial charge in [0.25, 0.3) is 0 Å². The monoisotopic (exact) mass is 389 g/mol. The third-order valence-corrected chi connectivity index (χ3v) is 3.25. The smallest absolute Gasteiger partial charge is 0.198 e. The van der Waals surface area contributed by atoms with Crippen LogP contribution in [0.2, 0.25) is 0 Å². The molecule has 0 bridgehead atoms. The molecule has 15 heavy (non-hydrogen) atoms. The summed E-state index contributed by atoms with van der Waals surface area (Å²) in [5.41, 5.74) is -0.378. The summed E-state index contributed by atoms with van der Waals surface area (Å²) in [6, 6.07) is 4.44. The Morgan fingerprint density at radius 1 is 1.40 bits per heavy atom. The van der Waals surface area contributed by atoms with E-state index in [0.29, 0.717) is 9.13 Å². The van der Waals surface area contributed by atoms with Gasteiger partial charge in [-0.3, -0.25) is 0 Å². The van der Waals surface area contributed by atoms with Gasteiger partial charge in [0.1, 0.15) is 0 Å². The molecule has 0 heterocycles. The molecule has 1 aromatic carbocycles. The molecule has 1 nitrogen and oxygen atoms in total. The fraction of sp³-hybridized carbons (Fsp3) is 0.222. The average Bonchev–Trinajstić information content (AvgIpc) is 2.09. The van der Waals surface area contributed by atoms with Crippen LogP contribution in [0.15, 0.2) is 16.6 Å². The maximum Gasteiger partial charge on any atom is 0.417 e. The lowest BCUT2D eigenvalue weighted by Crippen LogP contribution is -2.08. The second-order valence-electron chi connectivity index (χ2n) is 2.76. The highest BCUT2D eigenvalue weighted by atomic mass is 127. The number of nitriles is 1. The van der Waals surface area contributed by atoms with E-state index >= 15 is 0 Å². The standard InChI is InChI=1S/C9H4BrF3IN/c10-8-5(1-2-15)3-6(14)4-7(8)9(11,12)13/h3-4H,1H2. The lowest BCUT2D eigenvalue weighted by molar-refractivity contribution is -0.138. The Labute approximate surface area is 107 Å². The summed E-state index contributed by atoms with van der Waals surface area (Å²) in [7, 11) is 0. The van der Waals surface area contributed by atoms with Gasteiger partial charge in [0.15, 0.2) is 0 Å². The number of nitrogens with zero attached hydrogens (tertiary/aromatic N) is 1. The maximum atomic E-state index is 12.5. The zero-order valence-corrected chi connectivity index (χ0v) is 10.9. The third kappa shape index (κ3) is 3.08. The van der Waals surface area contributed by atoms with Crippen molar-refractivity contribution in [3.8, 4) is 6.07 Å². The first-order chi connectivity index (χ1) is 6.86. The minimum absolute atomic E-state index is 0.0412. The molecule has 1 aromatic rings. The van der Waals surface area contributed by atoms with Gasteiger partial charge in [-0.25, -0.2) is 0 Å². The van der Waals surface area contributed by atoms with Crippen LogP contribution < -0.4 is 0 Å². The Morgan fingerprint density at radius 2 is 2.00 bits per heavy atom. The summed E-state index contributed by atoms with van der Waals surface area (Å²) in [4.78, 5) is 0. The second kappa shape index (κ2) is 4.70. The van der Waals surface area contributed by atoms with Crippen LogP contribution in [-0.2, 0) is 12.6 Å². The van der Waals surface area contributed by atoms with E-state index in [4.69, 9.17) is 5.26 Å². The first-order valence-corrected chi connectivity index (χ1v) is 5.65. The SMILES string of the molecule is N#CCc1cc(I)cc(C(F)(F)F)c1Br. The van der Waals surface area contributed by atoms with E-state index in [1.165, 1.54) is 0 Å². The minimum atomic E-state index is -4.40. The van der Waals surface area contributed by atoms with Crippen LogP contribution in [-0.4, -0.2) is 0 Å². The van der Waals surface area contributed by atoms with Gasteiger partial charge in [-0.2, -0.15) is 18.4 Å². The number of benzene rings is 1. The molecule has 0 unspecified atom stereocenters. The first-order valence-electron chi connectivity index (χ1n) is 3.78. The van der Waals surface area contributed by atoms with Gasteiger partial charge >= 0.3 is 6.18 Å². The number of hydrogen-bond donors (Lipinski definition) is 0. The Bertz CT molecular complexity index is 423. The van der Waals surface area contributed by atoms with Crippen LogP contribution in [0.3, 0.4) is 0 Å². The fourth-order valence-electron chi connectivity index (χ4n) is 1.07. The molecule has 0 N–H and O–H groups in total. The zero-order chi connectivity index (χ0) is 11.6. The molecule has 6 heteroatoms. The van der Waals surface area contributed by atoms with E-state index in [-0.39, 0.29) is 10.9 Å². The number of alkyl halides is 3. The second-order valence-corrected chi connectivity index (χ2v) is 4.80. The largest absolute Gasteiger partial charge is 0.417 e. The van der Waals surface area contributed by atoms with Crippen LogP contribution in [0.4, 0.5) is 13.2 Å². The average molecular weight is 390 g/mol. The van der Waals surface area contributed by atoms with Crippen molar-refractivity contribution in [2.24, 2.45) is 0 Å². The van der Waals surface area contributed by atoms with Crippen molar-refractivity contribution in [2.45, 2.75) is 12.6 Å². The van der Waals surface area contributed by atoms with E-state index in [1.807, 2.05) is 6.07 Å². The topological polar surface area (TPSA) is 23.8 Å². The third-order valence-electron chi connectivity index (χ3n) is 1.69. The summed E-state index contributed by atoms with van der Waals surface area (Å²) in [5, 5.41) is 8.47. The summed E-state index contributed by atoms with van der Waals surface area (Å²) < 4.78 is 38.0. The van der Waals surface area contributed by atoms with E-state index in [9.17, 15) is 13.2 Å². The van der Waals surface area contributed by atoms with Crippen LogP contribution in [0, 0.1) is 14.9 Å². The van der Waals surface area contributed by atoms with Crippen molar-refractivity contribution in [2.75, 3.05) is 0 Å². The predicted octanol–water partition coefficient (Wildman–Crippen LogP) is 4.14. The lowest BCUT2D eigenvalue weighted by atomic mass is 10.1. The molecule has 0 atom stereocenters. The highest BCUT2D eigenvalue weighted by molar-refractivity contribution is 14.1. The van der Waals surface area contributed by atoms with Crippen molar-refractivity contribution >= 4 is 38.5 Å². The molecule has 0 radical (unpaired) electrons. The van der Waals surface area contributed by atoms with Crippen molar-refractivity contribution in [3.05, 3.63) is 31.3 Å². The Kier molecular flexibility index (Phi) is 4.00. The number of rotatable bonds is 1. The van der Waals surface area contributed by atoms with Gasteiger partial charge in [0, 0.05) is 8.04 Å². The summed E-state index contributed by atoms with van der Waals surface area (Å²) in [6.07, 6.45) is -4.44. The number of hydrogen-bond acceptors (Lipinski definition) is 1. The van der Waals surface area contributed by atoms with E-state index < -0.39 is 11.7 Å². The molecule has 80 valence electrons. The lowest BCUT2D eigenvalue weighted by Gasteiger charge is -2.12. The quantitative estimate of drug-likeness (QED) is 0.662. The molecule has 0 aromatic heterocycles. The van der Waals surface area contributed by atoms with Crippen molar-refractivity contribution in [1.82, 2.24) is 0 Å². The highest BCUT2D eigenvalue weighted by Gasteiger charge is 2.34. The van der Waals surface area contributed by atoms with Crippen LogP contribution in [0.5, 0.6) is 0 Å². The van der Waals surface area contributed by atoms with Gasteiger partial charge in [-0.05, 0) is 56.2 Å². The predicted molar refractivity (Wildman–Crippen MR) is 61.2 cm³/mol. The van der Waals surface area contributed by atoms with Gasteiger partial charge < -0.3 is 0 Å². The molecule has 0 aliphatic rings. The van der Waals surface area contributed by atoms with Crippen LogP contribution >= 0.6 is 38.5 Å². The van der Waals surface area contributed by atoms with E-state index in [0.717, 1.165) is 6.07 Å². The van der Waals surface area contributed by atoms with Gasteiger partial charge in [0.2, 0.25) is 0 Å². The molecule has 0 amide bonds. The Hall–Kier alpha value is -0.290. The van der Waals surface area contributed by atoms with Crippen LogP contribution in [0.25, 0.3) is 0 Å².